The van der Waals surface area contributed by atoms with Crippen LogP contribution in [0.5, 0.6) is 5.88 Å². The second kappa shape index (κ2) is 7.33. The Morgan fingerprint density at radius 3 is 2.85 bits per heavy atom. The number of nitrogens with zero attached hydrogens (tertiary/aromatic N) is 2. The van der Waals surface area contributed by atoms with Crippen LogP contribution in [0.3, 0.4) is 0 Å². The highest BCUT2D eigenvalue weighted by atomic mass is 127. The summed E-state index contributed by atoms with van der Waals surface area (Å²) in [5, 5.41) is 3.35. The van der Waals surface area contributed by atoms with Crippen LogP contribution in [-0.2, 0) is 6.42 Å². The summed E-state index contributed by atoms with van der Waals surface area (Å²) in [5.74, 6) is 0.591. The van der Waals surface area contributed by atoms with Gasteiger partial charge in [-0.1, -0.05) is 15.9 Å². The number of benzene rings is 1. The first-order chi connectivity index (χ1) is 9.63. The zero-order chi connectivity index (χ0) is 14.5. The van der Waals surface area contributed by atoms with E-state index in [1.165, 1.54) is 15.5 Å². The molecule has 6 heteroatoms. The molecule has 0 bridgehead atoms. The minimum atomic E-state index is 0.194. The van der Waals surface area contributed by atoms with E-state index < -0.39 is 0 Å². The maximum absolute atomic E-state index is 5.14. The SMILES string of the molecule is CNC(Cc1cc(OC)ncn1)c1cc(Br)ccc1I. The van der Waals surface area contributed by atoms with Crippen LogP contribution in [0.25, 0.3) is 0 Å². The molecule has 0 aliphatic rings. The molecule has 0 amide bonds. The number of ether oxygens (including phenoxy) is 1. The molecule has 1 unspecified atom stereocenters. The maximum Gasteiger partial charge on any atom is 0.216 e. The van der Waals surface area contributed by atoms with Gasteiger partial charge in [0.1, 0.15) is 6.33 Å². The highest BCUT2D eigenvalue weighted by molar-refractivity contribution is 14.1. The van der Waals surface area contributed by atoms with Gasteiger partial charge in [-0.05, 0) is 53.4 Å². The third kappa shape index (κ3) is 3.89. The molecular weight excluding hydrogens is 433 g/mol. The summed E-state index contributed by atoms with van der Waals surface area (Å²) < 4.78 is 7.44. The lowest BCUT2D eigenvalue weighted by atomic mass is 10.0. The van der Waals surface area contributed by atoms with Crippen molar-refractivity contribution in [1.29, 1.82) is 0 Å². The van der Waals surface area contributed by atoms with Gasteiger partial charge in [-0.3, -0.25) is 0 Å². The maximum atomic E-state index is 5.14. The third-order valence-electron chi connectivity index (χ3n) is 3.00. The second-order valence-electron chi connectivity index (χ2n) is 4.26. The molecule has 4 nitrogen and oxygen atoms in total. The molecule has 1 heterocycles. The number of aromatic nitrogens is 2. The van der Waals surface area contributed by atoms with Crippen molar-refractivity contribution in [3.05, 3.63) is 49.9 Å². The summed E-state index contributed by atoms with van der Waals surface area (Å²) in [6.45, 7) is 0. The fraction of sp³-hybridized carbons (Fsp3) is 0.286. The van der Waals surface area contributed by atoms with E-state index >= 15 is 0 Å². The fourth-order valence-corrected chi connectivity index (χ4v) is 3.05. The van der Waals surface area contributed by atoms with Crippen molar-refractivity contribution in [1.82, 2.24) is 15.3 Å². The van der Waals surface area contributed by atoms with Gasteiger partial charge in [0, 0.05) is 32.3 Å². The molecule has 0 radical (unpaired) electrons. The standard InChI is InChI=1S/C14H15BrIN3O/c1-17-13(11-5-9(15)3-4-12(11)16)6-10-7-14(20-2)19-8-18-10/h3-5,7-8,13,17H,6H2,1-2H3. The Hall–Kier alpha value is -0.730. The monoisotopic (exact) mass is 447 g/mol. The Morgan fingerprint density at radius 1 is 1.35 bits per heavy atom. The number of halogens is 2. The summed E-state index contributed by atoms with van der Waals surface area (Å²) in [5.41, 5.74) is 2.20. The van der Waals surface area contributed by atoms with E-state index in [-0.39, 0.29) is 6.04 Å². The Balaban J connectivity index is 2.26. The van der Waals surface area contributed by atoms with E-state index in [9.17, 15) is 0 Å². The first-order valence-corrected chi connectivity index (χ1v) is 7.98. The van der Waals surface area contributed by atoms with E-state index in [1.807, 2.05) is 19.2 Å². The van der Waals surface area contributed by atoms with Crippen molar-refractivity contribution in [3.8, 4) is 5.88 Å². The van der Waals surface area contributed by atoms with Crippen molar-refractivity contribution in [2.75, 3.05) is 14.2 Å². The minimum absolute atomic E-state index is 0.194. The highest BCUT2D eigenvalue weighted by Gasteiger charge is 2.15. The van der Waals surface area contributed by atoms with Gasteiger partial charge in [0.2, 0.25) is 5.88 Å². The predicted octanol–water partition coefficient (Wildman–Crippen LogP) is 3.36. The molecule has 2 rings (SSSR count). The highest BCUT2D eigenvalue weighted by Crippen LogP contribution is 2.26. The number of hydrogen-bond acceptors (Lipinski definition) is 4. The van der Waals surface area contributed by atoms with E-state index in [2.05, 4.69) is 65.9 Å². The Bertz CT molecular complexity index is 594. The lowest BCUT2D eigenvalue weighted by Gasteiger charge is -2.18. The number of nitrogens with one attached hydrogen (secondary N) is 1. The zero-order valence-electron chi connectivity index (χ0n) is 11.2. The van der Waals surface area contributed by atoms with Crippen LogP contribution in [0.15, 0.2) is 35.1 Å². The number of rotatable bonds is 5. The summed E-state index contributed by atoms with van der Waals surface area (Å²) in [4.78, 5) is 8.34. The van der Waals surface area contributed by atoms with Gasteiger partial charge in [-0.2, -0.15) is 0 Å². The number of methoxy groups -OCH3 is 1. The topological polar surface area (TPSA) is 47.0 Å². The van der Waals surface area contributed by atoms with Gasteiger partial charge < -0.3 is 10.1 Å². The van der Waals surface area contributed by atoms with E-state index in [0.717, 1.165) is 16.6 Å². The number of likely N-dealkylation sites (N-methyl/N-ethyl adjacent to an activating group) is 1. The predicted molar refractivity (Wildman–Crippen MR) is 90.9 cm³/mol. The first kappa shape index (κ1) is 15.7. The summed E-state index contributed by atoms with van der Waals surface area (Å²) in [7, 11) is 3.57. The van der Waals surface area contributed by atoms with Gasteiger partial charge in [0.15, 0.2) is 0 Å². The lowest BCUT2D eigenvalue weighted by Crippen LogP contribution is -2.20. The molecule has 1 N–H and O–H groups in total. The molecule has 1 aromatic heterocycles. The van der Waals surface area contributed by atoms with Gasteiger partial charge >= 0.3 is 0 Å². The second-order valence-corrected chi connectivity index (χ2v) is 6.34. The molecule has 0 spiro atoms. The molecule has 0 saturated heterocycles. The number of hydrogen-bond donors (Lipinski definition) is 1. The summed E-state index contributed by atoms with van der Waals surface area (Å²) in [6.07, 6.45) is 2.31. The molecule has 0 fully saturated rings. The molecule has 20 heavy (non-hydrogen) atoms. The fourth-order valence-electron chi connectivity index (χ4n) is 1.96. The van der Waals surface area contributed by atoms with Crippen LogP contribution in [0.2, 0.25) is 0 Å². The van der Waals surface area contributed by atoms with Crippen molar-refractivity contribution < 1.29 is 4.74 Å². The molecule has 106 valence electrons. The molecular formula is C14H15BrIN3O. The Kier molecular flexibility index (Phi) is 5.74. The van der Waals surface area contributed by atoms with Gasteiger partial charge in [0.25, 0.3) is 0 Å². The third-order valence-corrected chi connectivity index (χ3v) is 4.48. The van der Waals surface area contributed by atoms with Crippen LogP contribution < -0.4 is 10.1 Å². The van der Waals surface area contributed by atoms with Crippen molar-refractivity contribution in [2.45, 2.75) is 12.5 Å². The lowest BCUT2D eigenvalue weighted by molar-refractivity contribution is 0.395. The Morgan fingerprint density at radius 2 is 2.15 bits per heavy atom. The molecule has 0 aliphatic carbocycles. The largest absolute Gasteiger partial charge is 0.481 e. The van der Waals surface area contributed by atoms with Crippen LogP contribution in [0, 0.1) is 3.57 Å². The molecule has 2 aromatic rings. The van der Waals surface area contributed by atoms with Crippen molar-refractivity contribution in [3.63, 3.8) is 0 Å². The zero-order valence-corrected chi connectivity index (χ0v) is 15.0. The van der Waals surface area contributed by atoms with E-state index in [4.69, 9.17) is 4.74 Å². The quantitative estimate of drug-likeness (QED) is 0.714. The van der Waals surface area contributed by atoms with Gasteiger partial charge in [-0.15, -0.1) is 0 Å². The summed E-state index contributed by atoms with van der Waals surface area (Å²) >= 11 is 5.88. The molecule has 1 aromatic carbocycles. The van der Waals surface area contributed by atoms with E-state index in [1.54, 1.807) is 7.11 Å². The van der Waals surface area contributed by atoms with Crippen molar-refractivity contribution >= 4 is 38.5 Å². The van der Waals surface area contributed by atoms with E-state index in [0.29, 0.717) is 5.88 Å². The Labute approximate surface area is 140 Å². The molecule has 0 saturated carbocycles. The summed E-state index contributed by atoms with van der Waals surface area (Å²) in [6, 6.07) is 8.35. The molecule has 1 atom stereocenters. The average Bonchev–Trinajstić information content (AvgIpc) is 2.47. The van der Waals surface area contributed by atoms with Gasteiger partial charge in [0.05, 0.1) is 7.11 Å². The van der Waals surface area contributed by atoms with Gasteiger partial charge in [-0.25, -0.2) is 9.97 Å². The van der Waals surface area contributed by atoms with Crippen LogP contribution in [0.4, 0.5) is 0 Å². The normalized spacial score (nSPS) is 12.2. The van der Waals surface area contributed by atoms with Crippen LogP contribution in [-0.4, -0.2) is 24.1 Å². The first-order valence-electron chi connectivity index (χ1n) is 6.11. The smallest absolute Gasteiger partial charge is 0.216 e. The van der Waals surface area contributed by atoms with Crippen LogP contribution in [0.1, 0.15) is 17.3 Å². The molecule has 0 aliphatic heterocycles. The van der Waals surface area contributed by atoms with Crippen LogP contribution >= 0.6 is 38.5 Å². The minimum Gasteiger partial charge on any atom is -0.481 e. The van der Waals surface area contributed by atoms with Crippen molar-refractivity contribution in [2.24, 2.45) is 0 Å². The average molecular weight is 448 g/mol.